The van der Waals surface area contributed by atoms with E-state index in [-0.39, 0.29) is 12.0 Å². The van der Waals surface area contributed by atoms with Crippen molar-refractivity contribution in [3.63, 3.8) is 0 Å². The molecule has 0 radical (unpaired) electrons. The molecule has 1 saturated carbocycles. The Morgan fingerprint density at radius 3 is 2.44 bits per heavy atom. The molecule has 3 heterocycles. The first-order valence-electron chi connectivity index (χ1n) is 12.8. The van der Waals surface area contributed by atoms with Crippen LogP contribution < -0.4 is 9.64 Å². The molecule has 1 amide bonds. The molecule has 1 aliphatic carbocycles. The molecule has 0 bridgehead atoms. The first kappa shape index (κ1) is 25.4. The van der Waals surface area contributed by atoms with Gasteiger partial charge < -0.3 is 24.1 Å². The molecule has 0 aromatic heterocycles. The summed E-state index contributed by atoms with van der Waals surface area (Å²) >= 11 is 0. The van der Waals surface area contributed by atoms with E-state index in [2.05, 4.69) is 0 Å². The van der Waals surface area contributed by atoms with Gasteiger partial charge in [0.2, 0.25) is 0 Å². The van der Waals surface area contributed by atoms with Crippen LogP contribution in [0.1, 0.15) is 44.0 Å². The highest BCUT2D eigenvalue weighted by atomic mass is 16.6. The van der Waals surface area contributed by atoms with E-state index >= 15 is 0 Å². The fourth-order valence-corrected chi connectivity index (χ4v) is 7.29. The fraction of sp³-hybridized carbons (Fsp3) is 0.448. The number of ether oxygens (including phenoxy) is 4. The number of nitrogens with zero attached hydrogens (tertiary/aromatic N) is 1. The number of methoxy groups -OCH3 is 1. The predicted octanol–water partition coefficient (Wildman–Crippen LogP) is 2.62. The number of benzene rings is 2. The van der Waals surface area contributed by atoms with Crippen LogP contribution in [0.5, 0.6) is 5.75 Å². The van der Waals surface area contributed by atoms with Crippen LogP contribution >= 0.6 is 0 Å². The first-order chi connectivity index (χ1) is 18.4. The van der Waals surface area contributed by atoms with Crippen LogP contribution in [0.25, 0.3) is 0 Å². The molecule has 2 aromatic carbocycles. The molecule has 10 heteroatoms. The second kappa shape index (κ2) is 8.05. The highest BCUT2D eigenvalue weighted by molar-refractivity contribution is 6.07. The number of carbonyl (C=O) groups excluding carboxylic acids is 4. The Morgan fingerprint density at radius 1 is 1.05 bits per heavy atom. The van der Waals surface area contributed by atoms with Gasteiger partial charge in [0.15, 0.2) is 12.3 Å². The average Bonchev–Trinajstić information content (AvgIpc) is 3.51. The summed E-state index contributed by atoms with van der Waals surface area (Å²) in [5, 5.41) is 12.7. The third kappa shape index (κ3) is 2.95. The van der Waals surface area contributed by atoms with Crippen molar-refractivity contribution < 1.29 is 43.2 Å². The number of anilines is 1. The Balaban J connectivity index is 1.62. The minimum absolute atomic E-state index is 0.132. The van der Waals surface area contributed by atoms with E-state index < -0.39 is 70.5 Å². The average molecular weight is 536 g/mol. The van der Waals surface area contributed by atoms with Crippen LogP contribution in [0, 0.1) is 16.2 Å². The normalized spacial score (nSPS) is 34.7. The van der Waals surface area contributed by atoms with Gasteiger partial charge in [-0.2, -0.15) is 0 Å². The van der Waals surface area contributed by atoms with Gasteiger partial charge in [-0.05, 0) is 29.7 Å². The molecular formula is C29H29NO9. The van der Waals surface area contributed by atoms with Crippen LogP contribution in [0.3, 0.4) is 0 Å². The zero-order chi connectivity index (χ0) is 28.0. The number of carbonyl (C=O) groups is 4. The Kier molecular flexibility index (Phi) is 5.23. The number of hydrogen-bond acceptors (Lipinski definition) is 9. The predicted molar refractivity (Wildman–Crippen MR) is 134 cm³/mol. The van der Waals surface area contributed by atoms with Gasteiger partial charge in [0.25, 0.3) is 5.91 Å². The van der Waals surface area contributed by atoms with Crippen LogP contribution in [0.2, 0.25) is 0 Å². The van der Waals surface area contributed by atoms with Gasteiger partial charge in [0, 0.05) is 12.5 Å². The summed E-state index contributed by atoms with van der Waals surface area (Å²) in [6.45, 7) is 5.31. The molecule has 0 unspecified atom stereocenters. The van der Waals surface area contributed by atoms with Crippen LogP contribution in [-0.2, 0) is 28.6 Å². The summed E-state index contributed by atoms with van der Waals surface area (Å²) in [6.07, 6.45) is -4.67. The lowest BCUT2D eigenvalue weighted by molar-refractivity contribution is -0.204. The van der Waals surface area contributed by atoms with Crippen LogP contribution in [-0.4, -0.2) is 60.1 Å². The summed E-state index contributed by atoms with van der Waals surface area (Å²) in [4.78, 5) is 55.7. The second-order valence-electron chi connectivity index (χ2n) is 11.6. The van der Waals surface area contributed by atoms with E-state index in [0.29, 0.717) is 11.4 Å². The highest BCUT2D eigenvalue weighted by Gasteiger charge is 2.93. The minimum atomic E-state index is -1.86. The molecule has 4 aliphatic rings. The molecular weight excluding hydrogens is 506 g/mol. The van der Waals surface area contributed by atoms with E-state index in [1.54, 1.807) is 75.4 Å². The van der Waals surface area contributed by atoms with Gasteiger partial charge >= 0.3 is 17.9 Å². The van der Waals surface area contributed by atoms with Gasteiger partial charge in [0.1, 0.15) is 22.7 Å². The summed E-state index contributed by atoms with van der Waals surface area (Å²) < 4.78 is 22.9. The van der Waals surface area contributed by atoms with Gasteiger partial charge in [-0.25, -0.2) is 4.79 Å². The molecule has 3 aliphatic heterocycles. The lowest BCUT2D eigenvalue weighted by atomic mass is 9.52. The van der Waals surface area contributed by atoms with E-state index in [0.717, 1.165) is 0 Å². The largest absolute Gasteiger partial charge is 0.497 e. The number of rotatable bonds is 4. The molecule has 6 rings (SSSR count). The maximum absolute atomic E-state index is 14.4. The van der Waals surface area contributed by atoms with E-state index in [1.165, 1.54) is 12.0 Å². The van der Waals surface area contributed by atoms with Gasteiger partial charge in [-0.15, -0.1) is 0 Å². The molecule has 39 heavy (non-hydrogen) atoms. The van der Waals surface area contributed by atoms with E-state index in [9.17, 15) is 24.3 Å². The zero-order valence-electron chi connectivity index (χ0n) is 22.0. The molecule has 204 valence electrons. The van der Waals surface area contributed by atoms with Gasteiger partial charge in [-0.3, -0.25) is 19.3 Å². The SMILES string of the molecule is COc1cccc(N2C(=O)[C@H](OC(=O)c3ccccc3)[C@@]34[C@@H]2OC(=O)[C@@]32CC(=O)O[C@H]2C[C@@]4(O)C(C)(C)C)c1. The maximum Gasteiger partial charge on any atom is 0.338 e. The summed E-state index contributed by atoms with van der Waals surface area (Å²) in [6, 6.07) is 14.7. The van der Waals surface area contributed by atoms with Crippen molar-refractivity contribution >= 4 is 29.5 Å². The lowest BCUT2D eigenvalue weighted by Crippen LogP contribution is -2.66. The molecule has 6 atom stereocenters. The summed E-state index contributed by atoms with van der Waals surface area (Å²) in [5.41, 5.74) is -5.92. The Morgan fingerprint density at radius 2 is 1.77 bits per heavy atom. The maximum atomic E-state index is 14.4. The van der Waals surface area contributed by atoms with Crippen molar-refractivity contribution in [3.8, 4) is 5.75 Å². The number of esters is 3. The quantitative estimate of drug-likeness (QED) is 0.464. The van der Waals surface area contributed by atoms with Crippen molar-refractivity contribution in [3.05, 3.63) is 60.2 Å². The van der Waals surface area contributed by atoms with E-state index in [4.69, 9.17) is 18.9 Å². The summed E-state index contributed by atoms with van der Waals surface area (Å²) in [7, 11) is 1.48. The van der Waals surface area contributed by atoms with Gasteiger partial charge in [0.05, 0.1) is 30.4 Å². The first-order valence-corrected chi connectivity index (χ1v) is 12.8. The van der Waals surface area contributed by atoms with Crippen molar-refractivity contribution in [2.45, 2.75) is 57.6 Å². The second-order valence-corrected chi connectivity index (χ2v) is 11.6. The molecule has 1 N–H and O–H groups in total. The molecule has 10 nitrogen and oxygen atoms in total. The van der Waals surface area contributed by atoms with Gasteiger partial charge in [-0.1, -0.05) is 45.0 Å². The van der Waals surface area contributed by atoms with Crippen molar-refractivity contribution in [2.24, 2.45) is 16.2 Å². The standard InChI is InChI=1S/C29H29NO9/c1-26(2,3)28(35)14-19-27(15-20(31)37-19)25(34)39-24-29(27,28)21(38-23(33)16-9-6-5-7-10-16)22(32)30(24)17-11-8-12-18(13-17)36-4/h5-13,19,21,24,35H,14-15H2,1-4H3/t19-,21-,24-,27-,28+,29+/m0/s1. The highest BCUT2D eigenvalue weighted by Crippen LogP contribution is 2.76. The number of amides is 1. The Labute approximate surface area is 224 Å². The minimum Gasteiger partial charge on any atom is -0.497 e. The Hall–Kier alpha value is -3.92. The van der Waals surface area contributed by atoms with Crippen molar-refractivity contribution in [2.75, 3.05) is 12.0 Å². The molecule has 3 saturated heterocycles. The smallest absolute Gasteiger partial charge is 0.338 e. The van der Waals surface area contributed by atoms with E-state index in [1.807, 2.05) is 0 Å². The monoisotopic (exact) mass is 535 g/mol. The molecule has 2 aromatic rings. The number of aliphatic hydroxyl groups is 1. The molecule has 2 spiro atoms. The number of hydrogen-bond donors (Lipinski definition) is 1. The van der Waals surface area contributed by atoms with Crippen LogP contribution in [0.15, 0.2) is 54.6 Å². The fourth-order valence-electron chi connectivity index (χ4n) is 7.29. The van der Waals surface area contributed by atoms with Crippen LogP contribution in [0.4, 0.5) is 5.69 Å². The van der Waals surface area contributed by atoms with Crippen molar-refractivity contribution in [1.29, 1.82) is 0 Å². The molecule has 4 fully saturated rings. The zero-order valence-corrected chi connectivity index (χ0v) is 22.0. The summed E-state index contributed by atoms with van der Waals surface area (Å²) in [5.74, 6) is -2.48. The topological polar surface area (TPSA) is 129 Å². The lowest BCUT2D eigenvalue weighted by Gasteiger charge is -2.51. The Bertz CT molecular complexity index is 1400. The third-order valence-electron chi connectivity index (χ3n) is 9.04. The van der Waals surface area contributed by atoms with Crippen molar-refractivity contribution in [1.82, 2.24) is 0 Å². The third-order valence-corrected chi connectivity index (χ3v) is 9.04.